The lowest BCUT2D eigenvalue weighted by atomic mass is 10.2. The van der Waals surface area contributed by atoms with Gasteiger partial charge in [0.1, 0.15) is 5.82 Å². The summed E-state index contributed by atoms with van der Waals surface area (Å²) >= 11 is 0.716. The van der Waals surface area contributed by atoms with E-state index in [9.17, 15) is 17.6 Å². The molecule has 0 aliphatic rings. The standard InChI is InChI=1S/C11H11FN4O3S2/c1-6-5-8(3-4-9(6)12)16-21(18,19)11-15-14-10(20-11)13-7(2)17/h3-5,16H,1-2H3,(H,13,14,17). The van der Waals surface area contributed by atoms with Crippen molar-refractivity contribution in [3.05, 3.63) is 29.6 Å². The molecule has 0 aliphatic heterocycles. The number of carbonyl (C=O) groups is 1. The normalized spacial score (nSPS) is 11.2. The van der Waals surface area contributed by atoms with Crippen LogP contribution >= 0.6 is 11.3 Å². The van der Waals surface area contributed by atoms with Gasteiger partial charge in [-0.25, -0.2) is 4.39 Å². The summed E-state index contributed by atoms with van der Waals surface area (Å²) < 4.78 is 39.3. The smallest absolute Gasteiger partial charge is 0.291 e. The van der Waals surface area contributed by atoms with Crippen LogP contribution in [0.2, 0.25) is 0 Å². The van der Waals surface area contributed by atoms with Crippen molar-refractivity contribution in [2.24, 2.45) is 0 Å². The molecule has 0 bridgehead atoms. The van der Waals surface area contributed by atoms with Crippen LogP contribution < -0.4 is 10.0 Å². The van der Waals surface area contributed by atoms with Crippen molar-refractivity contribution < 1.29 is 17.6 Å². The average molecular weight is 330 g/mol. The number of aryl methyl sites for hydroxylation is 1. The Morgan fingerprint density at radius 2 is 2.05 bits per heavy atom. The molecule has 10 heteroatoms. The predicted octanol–water partition coefficient (Wildman–Crippen LogP) is 1.74. The van der Waals surface area contributed by atoms with E-state index in [2.05, 4.69) is 20.2 Å². The summed E-state index contributed by atoms with van der Waals surface area (Å²) in [5, 5.41) is 9.48. The third-order valence-corrected chi connectivity index (χ3v) is 4.92. The van der Waals surface area contributed by atoms with E-state index >= 15 is 0 Å². The number of aromatic nitrogens is 2. The van der Waals surface area contributed by atoms with E-state index in [1.165, 1.54) is 26.0 Å². The molecule has 7 nitrogen and oxygen atoms in total. The summed E-state index contributed by atoms with van der Waals surface area (Å²) in [4.78, 5) is 10.9. The first-order chi connectivity index (χ1) is 9.78. The maximum absolute atomic E-state index is 13.1. The molecule has 0 saturated heterocycles. The number of sulfonamides is 1. The van der Waals surface area contributed by atoms with E-state index in [1.807, 2.05) is 0 Å². The number of hydrogen-bond acceptors (Lipinski definition) is 6. The van der Waals surface area contributed by atoms with E-state index in [0.29, 0.717) is 16.9 Å². The van der Waals surface area contributed by atoms with Crippen LogP contribution in [0.1, 0.15) is 12.5 Å². The number of nitrogens with one attached hydrogen (secondary N) is 2. The van der Waals surface area contributed by atoms with E-state index in [4.69, 9.17) is 0 Å². The molecule has 0 saturated carbocycles. The summed E-state index contributed by atoms with van der Waals surface area (Å²) in [5.41, 5.74) is 0.525. The second-order valence-corrected chi connectivity index (χ2v) is 6.96. The monoisotopic (exact) mass is 330 g/mol. The molecule has 1 aromatic heterocycles. The van der Waals surface area contributed by atoms with Crippen LogP contribution in [0.15, 0.2) is 22.5 Å². The van der Waals surface area contributed by atoms with Crippen molar-refractivity contribution in [2.45, 2.75) is 18.2 Å². The van der Waals surface area contributed by atoms with Gasteiger partial charge in [-0.1, -0.05) is 11.3 Å². The van der Waals surface area contributed by atoms with Crippen LogP contribution in [0.3, 0.4) is 0 Å². The lowest BCUT2D eigenvalue weighted by Crippen LogP contribution is -2.12. The van der Waals surface area contributed by atoms with Gasteiger partial charge in [0.2, 0.25) is 11.0 Å². The second-order valence-electron chi connectivity index (χ2n) is 4.12. The van der Waals surface area contributed by atoms with Gasteiger partial charge < -0.3 is 5.32 Å². The van der Waals surface area contributed by atoms with Gasteiger partial charge in [0.05, 0.1) is 0 Å². The zero-order valence-electron chi connectivity index (χ0n) is 11.0. The third kappa shape index (κ3) is 3.73. The summed E-state index contributed by atoms with van der Waals surface area (Å²) in [6, 6.07) is 3.83. The highest BCUT2D eigenvalue weighted by atomic mass is 32.2. The Morgan fingerprint density at radius 1 is 1.33 bits per heavy atom. The maximum Gasteiger partial charge on any atom is 0.291 e. The van der Waals surface area contributed by atoms with Crippen molar-refractivity contribution in [1.29, 1.82) is 0 Å². The molecule has 0 spiro atoms. The van der Waals surface area contributed by atoms with Gasteiger partial charge in [-0.2, -0.15) is 8.42 Å². The van der Waals surface area contributed by atoms with Crippen molar-refractivity contribution >= 4 is 38.1 Å². The molecule has 2 N–H and O–H groups in total. The zero-order chi connectivity index (χ0) is 15.6. The highest BCUT2D eigenvalue weighted by Crippen LogP contribution is 2.23. The quantitative estimate of drug-likeness (QED) is 0.832. The molecular formula is C11H11FN4O3S2. The molecule has 0 aliphatic carbocycles. The summed E-state index contributed by atoms with van der Waals surface area (Å²) in [7, 11) is -3.94. The minimum Gasteiger partial charge on any atom is -0.301 e. The predicted molar refractivity (Wildman–Crippen MR) is 76.2 cm³/mol. The molecule has 0 fully saturated rings. The van der Waals surface area contributed by atoms with Crippen molar-refractivity contribution in [1.82, 2.24) is 10.2 Å². The minimum atomic E-state index is -3.94. The Kier molecular flexibility index (Phi) is 4.19. The molecule has 2 rings (SSSR count). The highest BCUT2D eigenvalue weighted by molar-refractivity contribution is 7.94. The van der Waals surface area contributed by atoms with E-state index in [0.717, 1.165) is 6.07 Å². The average Bonchev–Trinajstić information content (AvgIpc) is 2.82. The van der Waals surface area contributed by atoms with Crippen molar-refractivity contribution in [2.75, 3.05) is 10.0 Å². The number of rotatable bonds is 4. The van der Waals surface area contributed by atoms with Gasteiger partial charge in [0.15, 0.2) is 0 Å². The van der Waals surface area contributed by atoms with Gasteiger partial charge in [-0.05, 0) is 30.7 Å². The topological polar surface area (TPSA) is 101 Å². The van der Waals surface area contributed by atoms with Crippen molar-refractivity contribution in [3.63, 3.8) is 0 Å². The Morgan fingerprint density at radius 3 is 2.67 bits per heavy atom. The van der Waals surface area contributed by atoms with Gasteiger partial charge in [-0.15, -0.1) is 10.2 Å². The largest absolute Gasteiger partial charge is 0.301 e. The van der Waals surface area contributed by atoms with E-state index < -0.39 is 15.8 Å². The van der Waals surface area contributed by atoms with Crippen LogP contribution in [-0.4, -0.2) is 24.5 Å². The fourth-order valence-electron chi connectivity index (χ4n) is 1.43. The second kappa shape index (κ2) is 5.74. The van der Waals surface area contributed by atoms with Gasteiger partial charge in [0.25, 0.3) is 14.4 Å². The van der Waals surface area contributed by atoms with Crippen LogP contribution in [0.25, 0.3) is 0 Å². The molecular weight excluding hydrogens is 319 g/mol. The number of anilines is 2. The van der Waals surface area contributed by atoms with Gasteiger partial charge in [-0.3, -0.25) is 9.52 Å². The van der Waals surface area contributed by atoms with E-state index in [1.54, 1.807) is 0 Å². The molecule has 0 unspecified atom stereocenters. The lowest BCUT2D eigenvalue weighted by molar-refractivity contribution is -0.114. The first kappa shape index (κ1) is 15.3. The SMILES string of the molecule is CC(=O)Nc1nnc(S(=O)(=O)Nc2ccc(F)c(C)c2)s1. The molecule has 112 valence electrons. The van der Waals surface area contributed by atoms with Crippen LogP contribution in [0.4, 0.5) is 15.2 Å². The summed E-state index contributed by atoms with van der Waals surface area (Å²) in [5.74, 6) is -0.806. The number of nitrogens with zero attached hydrogens (tertiary/aromatic N) is 2. The Balaban J connectivity index is 2.23. The van der Waals surface area contributed by atoms with Gasteiger partial charge >= 0.3 is 0 Å². The zero-order valence-corrected chi connectivity index (χ0v) is 12.7. The van der Waals surface area contributed by atoms with Crippen molar-refractivity contribution in [3.8, 4) is 0 Å². The maximum atomic E-state index is 13.1. The number of hydrogen-bond donors (Lipinski definition) is 2. The number of halogens is 1. The molecule has 0 atom stereocenters. The third-order valence-electron chi connectivity index (χ3n) is 2.33. The number of benzene rings is 1. The Hall–Kier alpha value is -2.07. The van der Waals surface area contributed by atoms with Crippen LogP contribution in [-0.2, 0) is 14.8 Å². The molecule has 2 aromatic rings. The molecule has 1 heterocycles. The lowest BCUT2D eigenvalue weighted by Gasteiger charge is -2.06. The number of carbonyl (C=O) groups excluding carboxylic acids is 1. The van der Waals surface area contributed by atoms with E-state index in [-0.39, 0.29) is 21.1 Å². The molecule has 0 radical (unpaired) electrons. The Labute approximate surface area is 124 Å². The Bertz CT molecular complexity index is 789. The first-order valence-corrected chi connectivity index (χ1v) is 7.98. The highest BCUT2D eigenvalue weighted by Gasteiger charge is 2.21. The molecule has 1 amide bonds. The van der Waals surface area contributed by atoms with Crippen LogP contribution in [0, 0.1) is 12.7 Å². The fraction of sp³-hybridized carbons (Fsp3) is 0.182. The summed E-state index contributed by atoms with van der Waals surface area (Å²) in [6.07, 6.45) is 0. The molecule has 21 heavy (non-hydrogen) atoms. The minimum absolute atomic E-state index is 0.0816. The van der Waals surface area contributed by atoms with Crippen LogP contribution in [0.5, 0.6) is 0 Å². The summed E-state index contributed by atoms with van der Waals surface area (Å²) in [6.45, 7) is 2.79. The van der Waals surface area contributed by atoms with Gasteiger partial charge in [0, 0.05) is 12.6 Å². The fourth-order valence-corrected chi connectivity index (χ4v) is 3.42. The number of amides is 1. The molecule has 1 aromatic carbocycles. The first-order valence-electron chi connectivity index (χ1n) is 5.68.